The van der Waals surface area contributed by atoms with Crippen LogP contribution in [-0.4, -0.2) is 0 Å². The lowest BCUT2D eigenvalue weighted by Gasteiger charge is -2.01. The van der Waals surface area contributed by atoms with Crippen molar-refractivity contribution in [3.63, 3.8) is 0 Å². The van der Waals surface area contributed by atoms with Crippen molar-refractivity contribution in [2.24, 2.45) is 0 Å². The van der Waals surface area contributed by atoms with E-state index in [2.05, 4.69) is 83.7 Å². The van der Waals surface area contributed by atoms with Crippen molar-refractivity contribution >= 4 is 59.2 Å². The summed E-state index contributed by atoms with van der Waals surface area (Å²) in [6.45, 7) is 0. The van der Waals surface area contributed by atoms with Gasteiger partial charge in [-0.15, -0.1) is 0 Å². The monoisotopic (exact) mass is 408 g/mol. The molecule has 2 aromatic carbocycles. The van der Waals surface area contributed by atoms with Gasteiger partial charge >= 0.3 is 0 Å². The van der Waals surface area contributed by atoms with Gasteiger partial charge in [-0.3, -0.25) is 0 Å². The number of rotatable bonds is 4. The van der Waals surface area contributed by atoms with Crippen LogP contribution in [0.3, 0.4) is 0 Å². The predicted molar refractivity (Wildman–Crippen MR) is 125 cm³/mol. The molecule has 0 radical (unpaired) electrons. The molecule has 0 atom stereocenters. The summed E-state index contributed by atoms with van der Waals surface area (Å²) in [5.74, 6) is 0. The van der Waals surface area contributed by atoms with Gasteiger partial charge in [-0.2, -0.15) is 0 Å². The molecule has 0 saturated carbocycles. The first-order valence-corrected chi connectivity index (χ1v) is 11.6. The minimum absolute atomic E-state index is 1.24. The summed E-state index contributed by atoms with van der Waals surface area (Å²) in [6, 6.07) is 20.9. The van der Waals surface area contributed by atoms with Crippen molar-refractivity contribution in [3.05, 3.63) is 113 Å². The molecular weight excluding hydrogens is 393 g/mol. The smallest absolute Gasteiger partial charge is 0.0700 e. The Kier molecular flexibility index (Phi) is 6.18. The van der Waals surface area contributed by atoms with Gasteiger partial charge < -0.3 is 0 Å². The molecule has 0 unspecified atom stereocenters. The Labute approximate surface area is 171 Å². The largest absolute Gasteiger partial charge is 0.0878 e. The average Bonchev–Trinajstić information content (AvgIpc) is 3.36. The van der Waals surface area contributed by atoms with E-state index < -0.39 is 0 Å². The molecule has 4 rings (SSSR count). The van der Waals surface area contributed by atoms with Crippen LogP contribution in [0.1, 0.15) is 11.1 Å². The summed E-state index contributed by atoms with van der Waals surface area (Å²) in [7, 11) is 0. The van der Waals surface area contributed by atoms with E-state index in [-0.39, 0.29) is 0 Å². The van der Waals surface area contributed by atoms with Crippen LogP contribution in [0.2, 0.25) is 0 Å². The van der Waals surface area contributed by atoms with E-state index in [1.807, 2.05) is 59.2 Å². The Bertz CT molecular complexity index is 842. The van der Waals surface area contributed by atoms with Crippen molar-refractivity contribution in [1.29, 1.82) is 0 Å². The van der Waals surface area contributed by atoms with Gasteiger partial charge in [0.25, 0.3) is 0 Å². The maximum Gasteiger partial charge on any atom is 0.0700 e. The third kappa shape index (κ3) is 4.83. The van der Waals surface area contributed by atoms with Gasteiger partial charge in [0.1, 0.15) is 0 Å². The van der Waals surface area contributed by atoms with E-state index in [9.17, 15) is 0 Å². The SMILES string of the molecule is C1=C(/C=C/c2ccccc2)S/C(=C2\SC=C(/C=C/c3ccccc3)S2)S1. The molecule has 0 fully saturated rings. The van der Waals surface area contributed by atoms with Gasteiger partial charge in [0, 0.05) is 9.81 Å². The van der Waals surface area contributed by atoms with Gasteiger partial charge in [0.15, 0.2) is 0 Å². The molecule has 4 heteroatoms. The summed E-state index contributed by atoms with van der Waals surface area (Å²) >= 11 is 7.38. The minimum atomic E-state index is 1.24. The normalized spacial score (nSPS) is 20.2. The fraction of sp³-hybridized carbons (Fsp3) is 0. The van der Waals surface area contributed by atoms with Crippen molar-refractivity contribution in [2.45, 2.75) is 0 Å². The average molecular weight is 409 g/mol. The molecule has 0 saturated heterocycles. The lowest BCUT2D eigenvalue weighted by molar-refractivity contribution is 1.66. The first kappa shape index (κ1) is 17.9. The Morgan fingerprint density at radius 1 is 0.500 bits per heavy atom. The van der Waals surface area contributed by atoms with Crippen molar-refractivity contribution in [3.8, 4) is 0 Å². The molecule has 0 aromatic heterocycles. The third-order valence-electron chi connectivity index (χ3n) is 3.63. The molecule has 0 spiro atoms. The molecule has 0 amide bonds. The van der Waals surface area contributed by atoms with Crippen molar-refractivity contribution in [1.82, 2.24) is 0 Å². The molecule has 2 aliphatic heterocycles. The van der Waals surface area contributed by atoms with Crippen LogP contribution in [0.5, 0.6) is 0 Å². The van der Waals surface area contributed by atoms with E-state index in [4.69, 9.17) is 0 Å². The van der Waals surface area contributed by atoms with Gasteiger partial charge in [-0.05, 0) is 34.1 Å². The van der Waals surface area contributed by atoms with Gasteiger partial charge in [-0.1, -0.05) is 120 Å². The Morgan fingerprint density at radius 3 is 1.35 bits per heavy atom. The molecule has 0 N–H and O–H groups in total. The number of hydrogen-bond donors (Lipinski definition) is 0. The Balaban J connectivity index is 1.35. The standard InChI is InChI=1S/C22H16S4/c1-3-7-17(8-4-1)11-13-19-15-23-21(25-19)22-24-16-20(26-22)14-12-18-9-5-2-6-10-18/h1-16H/b13-11+,14-12+,22-21+. The molecule has 0 aliphatic carbocycles. The number of hydrogen-bond acceptors (Lipinski definition) is 4. The highest BCUT2D eigenvalue weighted by Gasteiger charge is 2.20. The number of thioether (sulfide) groups is 4. The maximum absolute atomic E-state index is 2.24. The molecule has 2 heterocycles. The number of benzene rings is 2. The van der Waals surface area contributed by atoms with Crippen molar-refractivity contribution in [2.75, 3.05) is 0 Å². The Morgan fingerprint density at radius 2 is 0.923 bits per heavy atom. The van der Waals surface area contributed by atoms with Crippen molar-refractivity contribution < 1.29 is 0 Å². The zero-order valence-corrected chi connectivity index (χ0v) is 17.1. The topological polar surface area (TPSA) is 0 Å². The third-order valence-corrected chi connectivity index (χ3v) is 8.86. The molecular formula is C22H16S4. The molecule has 2 aliphatic rings. The predicted octanol–water partition coefficient (Wildman–Crippen LogP) is 8.18. The molecule has 0 bridgehead atoms. The van der Waals surface area contributed by atoms with Gasteiger partial charge in [-0.25, -0.2) is 0 Å². The fourth-order valence-corrected chi connectivity index (χ4v) is 7.01. The molecule has 2 aromatic rings. The second-order valence-corrected chi connectivity index (χ2v) is 9.99. The Hall–Kier alpha value is -1.46. The van der Waals surface area contributed by atoms with Crippen LogP contribution in [-0.2, 0) is 0 Å². The zero-order chi connectivity index (χ0) is 17.6. The first-order valence-electron chi connectivity index (χ1n) is 8.17. The summed E-state index contributed by atoms with van der Waals surface area (Å²) < 4.78 is 2.76. The summed E-state index contributed by atoms with van der Waals surface area (Å²) in [6.07, 6.45) is 8.76. The summed E-state index contributed by atoms with van der Waals surface area (Å²) in [4.78, 5) is 2.60. The highest BCUT2D eigenvalue weighted by atomic mass is 32.2. The van der Waals surface area contributed by atoms with Crippen LogP contribution >= 0.6 is 47.0 Å². The van der Waals surface area contributed by atoms with Crippen LogP contribution in [0, 0.1) is 0 Å². The minimum Gasteiger partial charge on any atom is -0.0878 e. The lowest BCUT2D eigenvalue weighted by atomic mass is 10.2. The highest BCUT2D eigenvalue weighted by Crippen LogP contribution is 2.55. The van der Waals surface area contributed by atoms with Crippen LogP contribution in [0.25, 0.3) is 12.2 Å². The van der Waals surface area contributed by atoms with E-state index in [1.54, 1.807) is 0 Å². The molecule has 0 nitrogen and oxygen atoms in total. The second-order valence-electron chi connectivity index (χ2n) is 5.54. The number of allylic oxidation sites excluding steroid dienone is 2. The molecule has 26 heavy (non-hydrogen) atoms. The van der Waals surface area contributed by atoms with Crippen LogP contribution in [0.4, 0.5) is 0 Å². The van der Waals surface area contributed by atoms with Crippen LogP contribution in [0.15, 0.2) is 102 Å². The van der Waals surface area contributed by atoms with Crippen LogP contribution < -0.4 is 0 Å². The highest BCUT2D eigenvalue weighted by molar-refractivity contribution is 8.33. The second kappa shape index (κ2) is 8.96. The van der Waals surface area contributed by atoms with E-state index >= 15 is 0 Å². The van der Waals surface area contributed by atoms with Gasteiger partial charge in [0.2, 0.25) is 0 Å². The summed E-state index contributed by atoms with van der Waals surface area (Å²) in [5.41, 5.74) is 2.47. The maximum atomic E-state index is 2.24. The first-order chi connectivity index (χ1) is 12.9. The van der Waals surface area contributed by atoms with E-state index in [1.165, 1.54) is 29.4 Å². The molecule has 128 valence electrons. The van der Waals surface area contributed by atoms with E-state index in [0.29, 0.717) is 0 Å². The lowest BCUT2D eigenvalue weighted by Crippen LogP contribution is -1.71. The zero-order valence-electron chi connectivity index (χ0n) is 13.9. The van der Waals surface area contributed by atoms with E-state index in [0.717, 1.165) is 0 Å². The quantitative estimate of drug-likeness (QED) is 0.500. The fourth-order valence-electron chi connectivity index (χ4n) is 2.34. The van der Waals surface area contributed by atoms with Gasteiger partial charge in [0.05, 0.1) is 8.47 Å². The summed E-state index contributed by atoms with van der Waals surface area (Å²) in [5, 5.41) is 4.48.